The number of furan rings is 1. The Hall–Kier alpha value is -2.10. The fraction of sp³-hybridized carbons (Fsp3) is 0.214. The number of carbonyl (C=O) groups excluding carboxylic acids is 1. The zero-order chi connectivity index (χ0) is 13.0. The minimum Gasteiger partial charge on any atom is -0.456 e. The maximum atomic E-state index is 13.2. The fourth-order valence-corrected chi connectivity index (χ4v) is 1.79. The number of nitrogens with zero attached hydrogens (tertiary/aromatic N) is 1. The van der Waals surface area contributed by atoms with Gasteiger partial charge >= 0.3 is 0 Å². The molecule has 0 bridgehead atoms. The Kier molecular flexibility index (Phi) is 3.77. The first-order valence-corrected chi connectivity index (χ1v) is 5.77. The number of carbonyl (C=O) groups is 1. The average molecular weight is 247 g/mol. The Balaban J connectivity index is 2.16. The van der Waals surface area contributed by atoms with Crippen LogP contribution in [0.3, 0.4) is 0 Å². The smallest absolute Gasteiger partial charge is 0.185 e. The highest BCUT2D eigenvalue weighted by molar-refractivity contribution is 5.70. The van der Waals surface area contributed by atoms with Crippen LogP contribution < -0.4 is 4.90 Å². The van der Waals surface area contributed by atoms with Crippen molar-refractivity contribution < 1.29 is 13.6 Å². The Morgan fingerprint density at radius 3 is 2.78 bits per heavy atom. The number of aldehydes is 1. The van der Waals surface area contributed by atoms with Crippen molar-refractivity contribution in [2.45, 2.75) is 13.5 Å². The molecule has 3 nitrogen and oxygen atoms in total. The van der Waals surface area contributed by atoms with Gasteiger partial charge in [0.25, 0.3) is 0 Å². The molecule has 0 saturated carbocycles. The Morgan fingerprint density at radius 2 is 2.17 bits per heavy atom. The van der Waals surface area contributed by atoms with Crippen LogP contribution in [-0.4, -0.2) is 12.8 Å². The summed E-state index contributed by atoms with van der Waals surface area (Å²) in [6.45, 7) is 3.21. The van der Waals surface area contributed by atoms with Crippen molar-refractivity contribution in [2.24, 2.45) is 0 Å². The van der Waals surface area contributed by atoms with E-state index < -0.39 is 0 Å². The van der Waals surface area contributed by atoms with Gasteiger partial charge in [-0.25, -0.2) is 4.39 Å². The SMILES string of the molecule is CCN(Cc1ccc(C=O)o1)c1cccc(F)c1. The van der Waals surface area contributed by atoms with Crippen molar-refractivity contribution in [3.8, 4) is 0 Å². The van der Waals surface area contributed by atoms with E-state index in [9.17, 15) is 9.18 Å². The predicted octanol–water partition coefficient (Wildman–Crippen LogP) is 3.26. The molecule has 0 spiro atoms. The van der Waals surface area contributed by atoms with Crippen molar-refractivity contribution in [3.05, 3.63) is 53.7 Å². The summed E-state index contributed by atoms with van der Waals surface area (Å²) in [4.78, 5) is 12.5. The van der Waals surface area contributed by atoms with Crippen LogP contribution in [0.15, 0.2) is 40.8 Å². The van der Waals surface area contributed by atoms with Crippen LogP contribution in [0.4, 0.5) is 10.1 Å². The molecule has 0 amide bonds. The van der Waals surface area contributed by atoms with Gasteiger partial charge in [-0.2, -0.15) is 0 Å². The van der Waals surface area contributed by atoms with E-state index in [-0.39, 0.29) is 5.82 Å². The number of rotatable bonds is 5. The second kappa shape index (κ2) is 5.49. The summed E-state index contributed by atoms with van der Waals surface area (Å²) in [7, 11) is 0. The number of hydrogen-bond donors (Lipinski definition) is 0. The molecule has 4 heteroatoms. The quantitative estimate of drug-likeness (QED) is 0.760. The van der Waals surface area contributed by atoms with Gasteiger partial charge in [-0.05, 0) is 37.3 Å². The highest BCUT2D eigenvalue weighted by atomic mass is 19.1. The van der Waals surface area contributed by atoms with Crippen LogP contribution in [0.1, 0.15) is 23.2 Å². The lowest BCUT2D eigenvalue weighted by molar-refractivity contribution is 0.109. The molecule has 0 aliphatic carbocycles. The van der Waals surface area contributed by atoms with Crippen molar-refractivity contribution in [3.63, 3.8) is 0 Å². The summed E-state index contributed by atoms with van der Waals surface area (Å²) >= 11 is 0. The lowest BCUT2D eigenvalue weighted by Crippen LogP contribution is -2.21. The second-order valence-corrected chi connectivity index (χ2v) is 3.92. The third-order valence-corrected chi connectivity index (χ3v) is 2.70. The molecule has 1 aromatic heterocycles. The largest absolute Gasteiger partial charge is 0.456 e. The van der Waals surface area contributed by atoms with Crippen LogP contribution in [0.5, 0.6) is 0 Å². The van der Waals surface area contributed by atoms with Gasteiger partial charge in [0.05, 0.1) is 6.54 Å². The predicted molar refractivity (Wildman–Crippen MR) is 67.2 cm³/mol. The zero-order valence-corrected chi connectivity index (χ0v) is 10.1. The molecule has 0 unspecified atom stereocenters. The molecular weight excluding hydrogens is 233 g/mol. The standard InChI is InChI=1S/C14H14FNO2/c1-2-16(12-5-3-4-11(15)8-12)9-13-6-7-14(10-17)18-13/h3-8,10H,2,9H2,1H3. The van der Waals surface area contributed by atoms with E-state index in [0.717, 1.165) is 12.2 Å². The third-order valence-electron chi connectivity index (χ3n) is 2.70. The minimum absolute atomic E-state index is 0.265. The lowest BCUT2D eigenvalue weighted by atomic mass is 10.2. The van der Waals surface area contributed by atoms with Crippen LogP contribution in [0.25, 0.3) is 0 Å². The molecule has 0 radical (unpaired) electrons. The van der Waals surface area contributed by atoms with E-state index in [1.807, 2.05) is 17.9 Å². The van der Waals surface area contributed by atoms with Gasteiger partial charge in [0, 0.05) is 12.2 Å². The maximum absolute atomic E-state index is 13.2. The van der Waals surface area contributed by atoms with E-state index in [4.69, 9.17) is 4.42 Å². The van der Waals surface area contributed by atoms with Gasteiger partial charge in [0.1, 0.15) is 11.6 Å². The first-order valence-electron chi connectivity index (χ1n) is 5.77. The number of hydrogen-bond acceptors (Lipinski definition) is 3. The van der Waals surface area contributed by atoms with Gasteiger partial charge < -0.3 is 9.32 Å². The molecule has 2 rings (SSSR count). The van der Waals surface area contributed by atoms with Crippen LogP contribution in [-0.2, 0) is 6.54 Å². The van der Waals surface area contributed by atoms with E-state index >= 15 is 0 Å². The van der Waals surface area contributed by atoms with E-state index in [1.54, 1.807) is 18.2 Å². The summed E-state index contributed by atoms with van der Waals surface area (Å²) in [6.07, 6.45) is 0.669. The van der Waals surface area contributed by atoms with Crippen molar-refractivity contribution >= 4 is 12.0 Å². The van der Waals surface area contributed by atoms with Gasteiger partial charge in [-0.15, -0.1) is 0 Å². The van der Waals surface area contributed by atoms with E-state index in [2.05, 4.69) is 0 Å². The Labute approximate surface area is 105 Å². The molecule has 0 N–H and O–H groups in total. The van der Waals surface area contributed by atoms with Gasteiger partial charge in [-0.3, -0.25) is 4.79 Å². The number of anilines is 1. The summed E-state index contributed by atoms with van der Waals surface area (Å²) in [5, 5.41) is 0. The van der Waals surface area contributed by atoms with Crippen molar-refractivity contribution in [2.75, 3.05) is 11.4 Å². The summed E-state index contributed by atoms with van der Waals surface area (Å²) in [6, 6.07) is 9.79. The molecule has 0 fully saturated rings. The van der Waals surface area contributed by atoms with Crippen LogP contribution in [0, 0.1) is 5.82 Å². The number of halogens is 1. The summed E-state index contributed by atoms with van der Waals surface area (Å²) in [5.74, 6) is 0.725. The van der Waals surface area contributed by atoms with Gasteiger partial charge in [0.15, 0.2) is 12.0 Å². The Morgan fingerprint density at radius 1 is 1.33 bits per heavy atom. The molecule has 1 heterocycles. The second-order valence-electron chi connectivity index (χ2n) is 3.92. The molecule has 0 aliphatic rings. The fourth-order valence-electron chi connectivity index (χ4n) is 1.79. The van der Waals surface area contributed by atoms with Crippen LogP contribution >= 0.6 is 0 Å². The maximum Gasteiger partial charge on any atom is 0.185 e. The number of benzene rings is 1. The van der Waals surface area contributed by atoms with Gasteiger partial charge in [-0.1, -0.05) is 6.07 Å². The summed E-state index contributed by atoms with van der Waals surface area (Å²) in [5.41, 5.74) is 0.793. The Bertz CT molecular complexity index is 536. The van der Waals surface area contributed by atoms with Gasteiger partial charge in [0.2, 0.25) is 0 Å². The first-order chi connectivity index (χ1) is 8.72. The van der Waals surface area contributed by atoms with E-state index in [1.165, 1.54) is 12.1 Å². The highest BCUT2D eigenvalue weighted by Gasteiger charge is 2.09. The molecule has 1 aromatic carbocycles. The van der Waals surface area contributed by atoms with E-state index in [0.29, 0.717) is 24.4 Å². The molecule has 94 valence electrons. The van der Waals surface area contributed by atoms with Crippen molar-refractivity contribution in [1.29, 1.82) is 0 Å². The third kappa shape index (κ3) is 2.77. The minimum atomic E-state index is -0.265. The van der Waals surface area contributed by atoms with Crippen molar-refractivity contribution in [1.82, 2.24) is 0 Å². The molecule has 0 atom stereocenters. The topological polar surface area (TPSA) is 33.5 Å². The first kappa shape index (κ1) is 12.4. The lowest BCUT2D eigenvalue weighted by Gasteiger charge is -2.21. The average Bonchev–Trinajstić information content (AvgIpc) is 2.83. The monoisotopic (exact) mass is 247 g/mol. The molecule has 0 saturated heterocycles. The molecular formula is C14H14FNO2. The molecule has 0 aliphatic heterocycles. The molecule has 18 heavy (non-hydrogen) atoms. The summed E-state index contributed by atoms with van der Waals surface area (Å²) < 4.78 is 18.5. The molecule has 2 aromatic rings. The zero-order valence-electron chi connectivity index (χ0n) is 10.1. The highest BCUT2D eigenvalue weighted by Crippen LogP contribution is 2.18. The normalized spacial score (nSPS) is 10.3. The van der Waals surface area contributed by atoms with Crippen LogP contribution in [0.2, 0.25) is 0 Å².